The van der Waals surface area contributed by atoms with Gasteiger partial charge in [0.2, 0.25) is 0 Å². The topological polar surface area (TPSA) is 63.0 Å². The van der Waals surface area contributed by atoms with Crippen LogP contribution >= 0.6 is 0 Å². The van der Waals surface area contributed by atoms with Crippen molar-refractivity contribution in [3.63, 3.8) is 0 Å². The van der Waals surface area contributed by atoms with Gasteiger partial charge >= 0.3 is 0 Å². The molecule has 1 atom stereocenters. The van der Waals surface area contributed by atoms with E-state index in [0.717, 1.165) is 46.4 Å². The number of carbonyl (C=O) groups excluding carboxylic acids is 1. The third-order valence-corrected chi connectivity index (χ3v) is 5.85. The number of aromatic nitrogens is 1. The fraction of sp³-hybridized carbons (Fsp3) is 0.382. The second-order valence-electron chi connectivity index (χ2n) is 9.37. The van der Waals surface area contributed by atoms with E-state index < -0.39 is 0 Å². The average Bonchev–Trinajstić information content (AvgIpc) is 2.94. The number of ketones is 1. The molecule has 3 rings (SSSR count). The Balaban J connectivity index is 0.000000421. The number of unbranched alkanes of at least 4 members (excludes halogenated alkanes) is 2. The minimum absolute atomic E-state index is 0.177. The van der Waals surface area contributed by atoms with Crippen molar-refractivity contribution in [1.82, 2.24) is 4.98 Å². The van der Waals surface area contributed by atoms with Crippen molar-refractivity contribution < 1.29 is 9.53 Å². The number of ether oxygens (including phenoxy) is 1. The molecular formula is C34H44N2O2. The zero-order valence-electron chi connectivity index (χ0n) is 24.0. The molecule has 4 heteroatoms. The number of pyridine rings is 1. The number of nitrogens with zero attached hydrogens (tertiary/aromatic N) is 2. The normalized spacial score (nSPS) is 11.1. The van der Waals surface area contributed by atoms with Crippen LogP contribution in [0.3, 0.4) is 0 Å². The van der Waals surface area contributed by atoms with Crippen LogP contribution in [-0.2, 0) is 4.74 Å². The predicted molar refractivity (Wildman–Crippen MR) is 159 cm³/mol. The molecule has 0 saturated heterocycles. The van der Waals surface area contributed by atoms with Crippen LogP contribution in [0.5, 0.6) is 0 Å². The van der Waals surface area contributed by atoms with Crippen molar-refractivity contribution in [2.24, 2.45) is 5.92 Å². The molecule has 38 heavy (non-hydrogen) atoms. The van der Waals surface area contributed by atoms with Crippen molar-refractivity contribution in [2.75, 3.05) is 7.11 Å². The van der Waals surface area contributed by atoms with E-state index in [-0.39, 0.29) is 11.7 Å². The van der Waals surface area contributed by atoms with Crippen molar-refractivity contribution in [3.05, 3.63) is 102 Å². The van der Waals surface area contributed by atoms with Crippen molar-refractivity contribution >= 4 is 5.78 Å². The molecule has 0 aliphatic carbocycles. The molecule has 0 radical (unpaired) electrons. The summed E-state index contributed by atoms with van der Waals surface area (Å²) in [6, 6.07) is 21.3. The summed E-state index contributed by atoms with van der Waals surface area (Å²) in [6.07, 6.45) is 12.0. The first kappa shape index (κ1) is 32.3. The van der Waals surface area contributed by atoms with E-state index >= 15 is 0 Å². The maximum absolute atomic E-state index is 12.5. The first-order valence-electron chi connectivity index (χ1n) is 13.6. The van der Waals surface area contributed by atoms with Gasteiger partial charge in [0, 0.05) is 30.8 Å². The van der Waals surface area contributed by atoms with E-state index in [1.54, 1.807) is 25.6 Å². The number of Topliss-reactive ketones (excluding diaryl/α,β-unsaturated/α-hetero) is 1. The maximum atomic E-state index is 12.5. The molecule has 1 heterocycles. The van der Waals surface area contributed by atoms with Gasteiger partial charge in [-0.2, -0.15) is 5.26 Å². The number of methoxy groups -OCH3 is 1. The number of hydrogen-bond acceptors (Lipinski definition) is 4. The summed E-state index contributed by atoms with van der Waals surface area (Å²) in [7, 11) is 1.69. The van der Waals surface area contributed by atoms with Crippen molar-refractivity contribution in [1.29, 1.82) is 5.26 Å². The Morgan fingerprint density at radius 1 is 0.974 bits per heavy atom. The highest BCUT2D eigenvalue weighted by molar-refractivity contribution is 5.96. The number of rotatable bonds is 10. The molecule has 0 aliphatic heterocycles. The molecule has 0 bridgehead atoms. The van der Waals surface area contributed by atoms with Gasteiger partial charge in [-0.3, -0.25) is 9.78 Å². The molecule has 0 amide bonds. The largest absolute Gasteiger partial charge is 0.501 e. The summed E-state index contributed by atoms with van der Waals surface area (Å²) in [5.74, 6) is 1.40. The van der Waals surface area contributed by atoms with Gasteiger partial charge in [0.25, 0.3) is 0 Å². The molecule has 4 nitrogen and oxygen atoms in total. The fourth-order valence-electron chi connectivity index (χ4n) is 3.79. The summed E-state index contributed by atoms with van der Waals surface area (Å²) < 4.78 is 5.36. The lowest BCUT2D eigenvalue weighted by Gasteiger charge is -2.13. The molecule has 0 saturated carbocycles. The fourth-order valence-corrected chi connectivity index (χ4v) is 3.79. The Hall–Kier alpha value is -3.71. The summed E-state index contributed by atoms with van der Waals surface area (Å²) in [5, 5.41) is 8.41. The van der Waals surface area contributed by atoms with Gasteiger partial charge in [0.1, 0.15) is 0 Å². The van der Waals surface area contributed by atoms with E-state index in [2.05, 4.69) is 44.8 Å². The Bertz CT molecular complexity index is 1130. The van der Waals surface area contributed by atoms with Crippen LogP contribution in [0, 0.1) is 24.2 Å². The highest BCUT2D eigenvalue weighted by Gasteiger charge is 2.13. The highest BCUT2D eigenvalue weighted by atomic mass is 16.5. The van der Waals surface area contributed by atoms with Gasteiger partial charge in [0.05, 0.1) is 24.5 Å². The van der Waals surface area contributed by atoms with Gasteiger partial charge in [-0.15, -0.1) is 0 Å². The number of benzene rings is 2. The van der Waals surface area contributed by atoms with Crippen LogP contribution in [-0.4, -0.2) is 17.9 Å². The number of nitriles is 1. The molecule has 0 aliphatic rings. The second-order valence-corrected chi connectivity index (χ2v) is 9.37. The lowest BCUT2D eigenvalue weighted by Crippen LogP contribution is -2.07. The SMILES string of the molecule is CCC=C(CC(C)CC(=O)c1ccc(-c2ccncc2)cc1)OC.CCCCC.Cc1cccc(C#N)c1. The third kappa shape index (κ3) is 13.0. The number of allylic oxidation sites excluding steroid dienone is 2. The van der Waals surface area contributed by atoms with E-state index in [4.69, 9.17) is 10.00 Å². The van der Waals surface area contributed by atoms with Crippen molar-refractivity contribution in [3.8, 4) is 17.2 Å². The highest BCUT2D eigenvalue weighted by Crippen LogP contribution is 2.22. The lowest BCUT2D eigenvalue weighted by atomic mass is 9.95. The molecular weight excluding hydrogens is 468 g/mol. The molecule has 0 fully saturated rings. The van der Waals surface area contributed by atoms with Crippen LogP contribution in [0.2, 0.25) is 0 Å². The first-order valence-corrected chi connectivity index (χ1v) is 13.6. The number of aryl methyl sites for hydroxylation is 1. The second kappa shape index (κ2) is 19.4. The predicted octanol–water partition coefficient (Wildman–Crippen LogP) is 9.35. The molecule has 0 N–H and O–H groups in total. The van der Waals surface area contributed by atoms with Gasteiger partial charge in [-0.05, 0) is 66.3 Å². The standard InChI is InChI=1S/C21H25NO2.C8H7N.C5H12/c1-4-5-20(24-3)14-16(2)15-21(23)19-8-6-17(7-9-19)18-10-12-22-13-11-18;1-7-3-2-4-8(5-7)6-9;1-3-5-4-2/h5-13,16H,4,14-15H2,1-3H3;2-5H,1H3;3-5H2,1-2H3. The monoisotopic (exact) mass is 512 g/mol. The number of hydrogen-bond donors (Lipinski definition) is 0. The van der Waals surface area contributed by atoms with Gasteiger partial charge in [-0.25, -0.2) is 0 Å². The third-order valence-electron chi connectivity index (χ3n) is 5.85. The molecule has 202 valence electrons. The summed E-state index contributed by atoms with van der Waals surface area (Å²) >= 11 is 0. The smallest absolute Gasteiger partial charge is 0.163 e. The zero-order chi connectivity index (χ0) is 28.2. The van der Waals surface area contributed by atoms with Crippen molar-refractivity contribution in [2.45, 2.75) is 73.1 Å². The van der Waals surface area contributed by atoms with Crippen LogP contribution in [0.1, 0.15) is 87.7 Å². The molecule has 1 unspecified atom stereocenters. The molecule has 1 aromatic heterocycles. The van der Waals surface area contributed by atoms with Crippen LogP contribution < -0.4 is 0 Å². The molecule has 0 spiro atoms. The minimum Gasteiger partial charge on any atom is -0.501 e. The van der Waals surface area contributed by atoms with Gasteiger partial charge in [-0.1, -0.05) is 83.4 Å². The van der Waals surface area contributed by atoms with E-state index in [9.17, 15) is 4.79 Å². The minimum atomic E-state index is 0.177. The van der Waals surface area contributed by atoms with Crippen LogP contribution in [0.15, 0.2) is 84.9 Å². The Kier molecular flexibility index (Phi) is 16.5. The zero-order valence-corrected chi connectivity index (χ0v) is 24.0. The first-order chi connectivity index (χ1) is 18.4. The summed E-state index contributed by atoms with van der Waals surface area (Å²) in [6.45, 7) is 10.6. The van der Waals surface area contributed by atoms with E-state index in [1.165, 1.54) is 19.3 Å². The summed E-state index contributed by atoms with van der Waals surface area (Å²) in [4.78, 5) is 16.5. The summed E-state index contributed by atoms with van der Waals surface area (Å²) in [5.41, 5.74) is 4.82. The van der Waals surface area contributed by atoms with Gasteiger partial charge < -0.3 is 4.74 Å². The molecule has 2 aromatic carbocycles. The van der Waals surface area contributed by atoms with Crippen LogP contribution in [0.4, 0.5) is 0 Å². The number of carbonyl (C=O) groups is 1. The average molecular weight is 513 g/mol. The Labute approximate surface area is 230 Å². The van der Waals surface area contributed by atoms with Crippen LogP contribution in [0.25, 0.3) is 11.1 Å². The Morgan fingerprint density at radius 2 is 1.61 bits per heavy atom. The lowest BCUT2D eigenvalue weighted by molar-refractivity contribution is 0.0961. The molecule has 3 aromatic rings. The van der Waals surface area contributed by atoms with E-state index in [0.29, 0.717) is 6.42 Å². The maximum Gasteiger partial charge on any atom is 0.163 e. The van der Waals surface area contributed by atoms with E-state index in [1.807, 2.05) is 61.5 Å². The Morgan fingerprint density at radius 3 is 2.08 bits per heavy atom. The van der Waals surface area contributed by atoms with Gasteiger partial charge in [0.15, 0.2) is 5.78 Å². The quantitative estimate of drug-likeness (QED) is 0.200.